The van der Waals surface area contributed by atoms with Crippen LogP contribution >= 0.6 is 0 Å². The first-order valence-electron chi connectivity index (χ1n) is 5.01. The van der Waals surface area contributed by atoms with Crippen molar-refractivity contribution < 1.29 is 9.53 Å². The second-order valence-electron chi connectivity index (χ2n) is 3.82. The quantitative estimate of drug-likeness (QED) is 0.495. The molecule has 0 aliphatic heterocycles. The highest BCUT2D eigenvalue weighted by Gasteiger charge is 2.28. The van der Waals surface area contributed by atoms with Gasteiger partial charge in [0, 0.05) is 5.57 Å². The smallest absolute Gasteiger partial charge is 0.333 e. The zero-order chi connectivity index (χ0) is 9.84. The summed E-state index contributed by atoms with van der Waals surface area (Å²) >= 11 is 0. The van der Waals surface area contributed by atoms with E-state index >= 15 is 0 Å². The Morgan fingerprint density at radius 1 is 1.54 bits per heavy atom. The minimum atomic E-state index is -0.231. The van der Waals surface area contributed by atoms with Crippen LogP contribution in [0.4, 0.5) is 0 Å². The van der Waals surface area contributed by atoms with Gasteiger partial charge in [-0.15, -0.1) is 0 Å². The number of ether oxygens (including phenoxy) is 1. The lowest BCUT2D eigenvalue weighted by atomic mass is 10.0. The lowest BCUT2D eigenvalue weighted by molar-refractivity contribution is -0.145. The summed E-state index contributed by atoms with van der Waals surface area (Å²) in [5.74, 6) is 0.341. The van der Waals surface area contributed by atoms with Gasteiger partial charge >= 0.3 is 5.97 Å². The van der Waals surface area contributed by atoms with Gasteiger partial charge in [-0.25, -0.2) is 4.79 Å². The molecule has 13 heavy (non-hydrogen) atoms. The fourth-order valence-electron chi connectivity index (χ4n) is 1.86. The Hall–Kier alpha value is -0.790. The van der Waals surface area contributed by atoms with Crippen LogP contribution in [0.5, 0.6) is 0 Å². The van der Waals surface area contributed by atoms with Gasteiger partial charge in [-0.2, -0.15) is 0 Å². The van der Waals surface area contributed by atoms with Crippen LogP contribution in [0, 0.1) is 5.92 Å². The van der Waals surface area contributed by atoms with E-state index in [2.05, 4.69) is 13.5 Å². The first-order valence-corrected chi connectivity index (χ1v) is 5.01. The maximum atomic E-state index is 11.2. The van der Waals surface area contributed by atoms with Crippen LogP contribution in [0.1, 0.15) is 39.5 Å². The van der Waals surface area contributed by atoms with E-state index in [-0.39, 0.29) is 12.1 Å². The maximum absolute atomic E-state index is 11.2. The number of rotatable bonds is 3. The van der Waals surface area contributed by atoms with Crippen LogP contribution in [0.15, 0.2) is 12.2 Å². The molecule has 1 aliphatic rings. The lowest BCUT2D eigenvalue weighted by Crippen LogP contribution is -2.21. The van der Waals surface area contributed by atoms with Gasteiger partial charge in [0.1, 0.15) is 6.10 Å². The van der Waals surface area contributed by atoms with Crippen molar-refractivity contribution >= 4 is 5.97 Å². The zero-order valence-electron chi connectivity index (χ0n) is 8.51. The summed E-state index contributed by atoms with van der Waals surface area (Å²) in [5, 5.41) is 0. The molecule has 1 saturated carbocycles. The Balaban J connectivity index is 2.44. The first-order chi connectivity index (χ1) is 6.15. The monoisotopic (exact) mass is 182 g/mol. The topological polar surface area (TPSA) is 26.3 Å². The predicted molar refractivity (Wildman–Crippen MR) is 52.3 cm³/mol. The van der Waals surface area contributed by atoms with E-state index in [1.807, 2.05) is 0 Å². The van der Waals surface area contributed by atoms with E-state index in [0.717, 1.165) is 12.8 Å². The molecule has 1 rings (SSSR count). The summed E-state index contributed by atoms with van der Waals surface area (Å²) in [6.45, 7) is 7.42. The van der Waals surface area contributed by atoms with Crippen LogP contribution in [-0.4, -0.2) is 12.1 Å². The Morgan fingerprint density at radius 2 is 2.23 bits per heavy atom. The SMILES string of the molecule is C=C(C)C(=O)OC1CCCC1CC. The first kappa shape index (κ1) is 10.3. The van der Waals surface area contributed by atoms with Crippen molar-refractivity contribution in [3.63, 3.8) is 0 Å². The highest BCUT2D eigenvalue weighted by molar-refractivity contribution is 5.87. The zero-order valence-corrected chi connectivity index (χ0v) is 8.51. The standard InChI is InChI=1S/C11H18O2/c1-4-9-6-5-7-10(9)13-11(12)8(2)3/h9-10H,2,4-7H2,1,3H3. The number of hydrogen-bond acceptors (Lipinski definition) is 2. The lowest BCUT2D eigenvalue weighted by Gasteiger charge is -2.18. The van der Waals surface area contributed by atoms with E-state index in [9.17, 15) is 4.79 Å². The van der Waals surface area contributed by atoms with E-state index in [1.54, 1.807) is 6.92 Å². The fraction of sp³-hybridized carbons (Fsp3) is 0.727. The highest BCUT2D eigenvalue weighted by Crippen LogP contribution is 2.30. The van der Waals surface area contributed by atoms with Gasteiger partial charge in [-0.05, 0) is 38.5 Å². The summed E-state index contributed by atoms with van der Waals surface area (Å²) in [5.41, 5.74) is 0.502. The van der Waals surface area contributed by atoms with E-state index in [0.29, 0.717) is 11.5 Å². The number of carbonyl (C=O) groups is 1. The van der Waals surface area contributed by atoms with E-state index < -0.39 is 0 Å². The van der Waals surface area contributed by atoms with Crippen molar-refractivity contribution in [1.29, 1.82) is 0 Å². The molecule has 2 unspecified atom stereocenters. The Bertz CT molecular complexity index is 208. The van der Waals surface area contributed by atoms with Gasteiger partial charge in [0.15, 0.2) is 0 Å². The van der Waals surface area contributed by atoms with Crippen LogP contribution in [-0.2, 0) is 9.53 Å². The van der Waals surface area contributed by atoms with Crippen molar-refractivity contribution in [2.24, 2.45) is 5.92 Å². The van der Waals surface area contributed by atoms with Crippen molar-refractivity contribution in [2.45, 2.75) is 45.6 Å². The predicted octanol–water partition coefficient (Wildman–Crippen LogP) is 2.68. The van der Waals surface area contributed by atoms with Crippen LogP contribution < -0.4 is 0 Å². The fourth-order valence-corrected chi connectivity index (χ4v) is 1.86. The van der Waals surface area contributed by atoms with E-state index in [1.165, 1.54) is 12.8 Å². The molecule has 0 radical (unpaired) electrons. The third kappa shape index (κ3) is 2.58. The molecule has 74 valence electrons. The molecule has 0 N–H and O–H groups in total. The molecular formula is C11H18O2. The number of hydrogen-bond donors (Lipinski definition) is 0. The van der Waals surface area contributed by atoms with Crippen molar-refractivity contribution in [2.75, 3.05) is 0 Å². The highest BCUT2D eigenvalue weighted by atomic mass is 16.5. The van der Waals surface area contributed by atoms with E-state index in [4.69, 9.17) is 4.74 Å². The van der Waals surface area contributed by atoms with Gasteiger partial charge in [-0.1, -0.05) is 13.5 Å². The molecule has 0 heterocycles. The second-order valence-corrected chi connectivity index (χ2v) is 3.82. The molecule has 0 aromatic heterocycles. The van der Waals surface area contributed by atoms with Crippen LogP contribution in [0.2, 0.25) is 0 Å². The van der Waals surface area contributed by atoms with Crippen LogP contribution in [0.3, 0.4) is 0 Å². The number of esters is 1. The molecule has 0 aromatic carbocycles. The number of carbonyl (C=O) groups excluding carboxylic acids is 1. The Morgan fingerprint density at radius 3 is 2.77 bits per heavy atom. The van der Waals surface area contributed by atoms with Gasteiger partial charge < -0.3 is 4.74 Å². The molecule has 2 heteroatoms. The molecule has 0 spiro atoms. The van der Waals surface area contributed by atoms with Gasteiger partial charge in [0.05, 0.1) is 0 Å². The molecular weight excluding hydrogens is 164 g/mol. The largest absolute Gasteiger partial charge is 0.459 e. The normalized spacial score (nSPS) is 27.2. The molecule has 1 aliphatic carbocycles. The van der Waals surface area contributed by atoms with Crippen molar-refractivity contribution in [3.8, 4) is 0 Å². The third-order valence-corrected chi connectivity index (χ3v) is 2.72. The summed E-state index contributed by atoms with van der Waals surface area (Å²) in [7, 11) is 0. The molecule has 0 amide bonds. The molecule has 0 saturated heterocycles. The Labute approximate surface area is 80.0 Å². The second kappa shape index (κ2) is 4.45. The summed E-state index contributed by atoms with van der Waals surface area (Å²) < 4.78 is 5.34. The maximum Gasteiger partial charge on any atom is 0.333 e. The van der Waals surface area contributed by atoms with Gasteiger partial charge in [0.25, 0.3) is 0 Å². The Kier molecular flexibility index (Phi) is 3.52. The van der Waals surface area contributed by atoms with Gasteiger partial charge in [0.2, 0.25) is 0 Å². The molecule has 2 atom stereocenters. The molecule has 1 fully saturated rings. The summed E-state index contributed by atoms with van der Waals surface area (Å²) in [6, 6.07) is 0. The third-order valence-electron chi connectivity index (χ3n) is 2.72. The average Bonchev–Trinajstić information content (AvgIpc) is 2.51. The van der Waals surface area contributed by atoms with Gasteiger partial charge in [-0.3, -0.25) is 0 Å². The molecule has 0 aromatic rings. The summed E-state index contributed by atoms with van der Waals surface area (Å²) in [6.07, 6.45) is 4.66. The van der Waals surface area contributed by atoms with Crippen molar-refractivity contribution in [1.82, 2.24) is 0 Å². The van der Waals surface area contributed by atoms with Crippen molar-refractivity contribution in [3.05, 3.63) is 12.2 Å². The molecule has 2 nitrogen and oxygen atoms in total. The summed E-state index contributed by atoms with van der Waals surface area (Å²) in [4.78, 5) is 11.2. The van der Waals surface area contributed by atoms with Crippen LogP contribution in [0.25, 0.3) is 0 Å². The molecule has 0 bridgehead atoms. The minimum absolute atomic E-state index is 0.147. The average molecular weight is 182 g/mol. The minimum Gasteiger partial charge on any atom is -0.459 e.